The van der Waals surface area contributed by atoms with Crippen molar-refractivity contribution < 1.29 is 18.7 Å². The fourth-order valence-corrected chi connectivity index (χ4v) is 2.34. The van der Waals surface area contributed by atoms with Crippen LogP contribution in [0, 0.1) is 5.82 Å². The monoisotopic (exact) mass is 364 g/mol. The Kier molecular flexibility index (Phi) is 6.77. The summed E-state index contributed by atoms with van der Waals surface area (Å²) in [5.41, 5.74) is 1.01. The minimum atomic E-state index is -0.549. The summed E-state index contributed by atoms with van der Waals surface area (Å²) in [6, 6.07) is 11.5. The van der Waals surface area contributed by atoms with Crippen LogP contribution in [0.4, 0.5) is 4.39 Å². The Morgan fingerprint density at radius 3 is 2.44 bits per heavy atom. The Bertz CT molecular complexity index is 730. The van der Waals surface area contributed by atoms with E-state index in [1.165, 1.54) is 18.2 Å². The Labute approximate surface area is 150 Å². The van der Waals surface area contributed by atoms with Gasteiger partial charge in [-0.2, -0.15) is 0 Å². The molecule has 2 rings (SSSR count). The Balaban J connectivity index is 1.76. The molecule has 0 saturated heterocycles. The molecule has 0 radical (unpaired) electrons. The van der Waals surface area contributed by atoms with E-state index in [9.17, 15) is 14.0 Å². The van der Waals surface area contributed by atoms with Crippen molar-refractivity contribution in [1.82, 2.24) is 10.6 Å². The summed E-state index contributed by atoms with van der Waals surface area (Å²) in [5, 5.41) is 5.31. The number of benzene rings is 2. The van der Waals surface area contributed by atoms with E-state index >= 15 is 0 Å². The van der Waals surface area contributed by atoms with Gasteiger partial charge in [-0.25, -0.2) is 4.39 Å². The SMILES string of the molecule is COc1ccc(CNC(=O)CNC(=O)Cc2c(F)cccc2Cl)cc1. The lowest BCUT2D eigenvalue weighted by Crippen LogP contribution is -2.37. The predicted molar refractivity (Wildman–Crippen MR) is 93.0 cm³/mol. The second kappa shape index (κ2) is 9.03. The van der Waals surface area contributed by atoms with E-state index in [0.29, 0.717) is 6.54 Å². The first kappa shape index (κ1) is 18.7. The van der Waals surface area contributed by atoms with Crippen molar-refractivity contribution in [3.8, 4) is 5.75 Å². The van der Waals surface area contributed by atoms with Crippen molar-refractivity contribution in [2.24, 2.45) is 0 Å². The Hall–Kier alpha value is -2.60. The molecule has 0 aliphatic carbocycles. The summed E-state index contributed by atoms with van der Waals surface area (Å²) >= 11 is 5.87. The van der Waals surface area contributed by atoms with Crippen molar-refractivity contribution in [2.45, 2.75) is 13.0 Å². The lowest BCUT2D eigenvalue weighted by atomic mass is 10.1. The molecule has 0 bridgehead atoms. The molecule has 5 nitrogen and oxygen atoms in total. The van der Waals surface area contributed by atoms with Crippen LogP contribution in [0.15, 0.2) is 42.5 Å². The molecule has 0 heterocycles. The zero-order chi connectivity index (χ0) is 18.2. The number of amides is 2. The first-order valence-corrected chi connectivity index (χ1v) is 7.96. The lowest BCUT2D eigenvalue weighted by Gasteiger charge is -2.09. The summed E-state index contributed by atoms with van der Waals surface area (Å²) < 4.78 is 18.7. The number of rotatable bonds is 7. The topological polar surface area (TPSA) is 67.4 Å². The molecular weight excluding hydrogens is 347 g/mol. The highest BCUT2D eigenvalue weighted by Gasteiger charge is 2.12. The largest absolute Gasteiger partial charge is 0.497 e. The molecule has 0 atom stereocenters. The van der Waals surface area contributed by atoms with E-state index in [1.54, 1.807) is 19.2 Å². The maximum atomic E-state index is 13.6. The third-order valence-electron chi connectivity index (χ3n) is 3.49. The maximum absolute atomic E-state index is 13.6. The smallest absolute Gasteiger partial charge is 0.239 e. The third-order valence-corrected chi connectivity index (χ3v) is 3.85. The van der Waals surface area contributed by atoms with Gasteiger partial charge in [0, 0.05) is 17.1 Å². The molecular formula is C18H18ClFN2O3. The zero-order valence-corrected chi connectivity index (χ0v) is 14.4. The molecule has 0 aliphatic rings. The van der Waals surface area contributed by atoms with Gasteiger partial charge in [-0.3, -0.25) is 9.59 Å². The number of hydrogen-bond donors (Lipinski definition) is 2. The molecule has 0 aromatic heterocycles. The predicted octanol–water partition coefficient (Wildman–Crippen LogP) is 2.46. The van der Waals surface area contributed by atoms with E-state index in [1.807, 2.05) is 12.1 Å². The first-order chi connectivity index (χ1) is 12.0. The zero-order valence-electron chi connectivity index (χ0n) is 13.6. The van der Waals surface area contributed by atoms with Crippen molar-refractivity contribution in [3.05, 3.63) is 64.4 Å². The number of carbonyl (C=O) groups is 2. The fourth-order valence-electron chi connectivity index (χ4n) is 2.11. The second-order valence-corrected chi connectivity index (χ2v) is 5.69. The number of ether oxygens (including phenoxy) is 1. The van der Waals surface area contributed by atoms with Gasteiger partial charge in [0.05, 0.1) is 20.1 Å². The third kappa shape index (κ3) is 5.76. The molecule has 0 spiro atoms. The Morgan fingerprint density at radius 2 is 1.80 bits per heavy atom. The molecule has 0 saturated carbocycles. The van der Waals surface area contributed by atoms with Crippen LogP contribution in [-0.2, 0) is 22.6 Å². The molecule has 2 aromatic carbocycles. The lowest BCUT2D eigenvalue weighted by molar-refractivity contribution is -0.125. The summed E-state index contributed by atoms with van der Waals surface area (Å²) in [4.78, 5) is 23.6. The van der Waals surface area contributed by atoms with Crippen LogP contribution in [0.3, 0.4) is 0 Å². The quantitative estimate of drug-likeness (QED) is 0.793. The fraction of sp³-hybridized carbons (Fsp3) is 0.222. The number of methoxy groups -OCH3 is 1. The van der Waals surface area contributed by atoms with Crippen LogP contribution < -0.4 is 15.4 Å². The number of halogens is 2. The van der Waals surface area contributed by atoms with Crippen LogP contribution in [-0.4, -0.2) is 25.5 Å². The van der Waals surface area contributed by atoms with Crippen LogP contribution in [0.5, 0.6) is 5.75 Å². The number of hydrogen-bond acceptors (Lipinski definition) is 3. The van der Waals surface area contributed by atoms with Crippen molar-refractivity contribution in [2.75, 3.05) is 13.7 Å². The summed E-state index contributed by atoms with van der Waals surface area (Å²) in [5.74, 6) is -0.642. The first-order valence-electron chi connectivity index (χ1n) is 7.59. The van der Waals surface area contributed by atoms with Gasteiger partial charge in [-0.1, -0.05) is 29.8 Å². The van der Waals surface area contributed by atoms with E-state index in [2.05, 4.69) is 10.6 Å². The molecule has 0 aliphatic heterocycles. The normalized spacial score (nSPS) is 10.2. The van der Waals surface area contributed by atoms with Gasteiger partial charge in [-0.05, 0) is 29.8 Å². The van der Waals surface area contributed by atoms with Crippen LogP contribution in [0.25, 0.3) is 0 Å². The Morgan fingerprint density at radius 1 is 1.08 bits per heavy atom. The summed E-state index contributed by atoms with van der Waals surface area (Å²) in [7, 11) is 1.58. The molecule has 2 amide bonds. The number of carbonyl (C=O) groups excluding carboxylic acids is 2. The van der Waals surface area contributed by atoms with Gasteiger partial charge < -0.3 is 15.4 Å². The number of nitrogens with one attached hydrogen (secondary N) is 2. The summed E-state index contributed by atoms with van der Waals surface area (Å²) in [6.07, 6.45) is -0.225. The van der Waals surface area contributed by atoms with Gasteiger partial charge in [0.1, 0.15) is 11.6 Å². The highest BCUT2D eigenvalue weighted by atomic mass is 35.5. The van der Waals surface area contributed by atoms with E-state index < -0.39 is 11.7 Å². The van der Waals surface area contributed by atoms with Crippen molar-refractivity contribution >= 4 is 23.4 Å². The average molecular weight is 365 g/mol. The van der Waals surface area contributed by atoms with Crippen molar-refractivity contribution in [1.29, 1.82) is 0 Å². The van der Waals surface area contributed by atoms with Gasteiger partial charge in [-0.15, -0.1) is 0 Å². The minimum Gasteiger partial charge on any atom is -0.497 e. The highest BCUT2D eigenvalue weighted by molar-refractivity contribution is 6.31. The van der Waals surface area contributed by atoms with Crippen LogP contribution in [0.1, 0.15) is 11.1 Å². The van der Waals surface area contributed by atoms with Gasteiger partial charge >= 0.3 is 0 Å². The molecule has 7 heteroatoms. The van der Waals surface area contributed by atoms with E-state index in [-0.39, 0.29) is 29.5 Å². The summed E-state index contributed by atoms with van der Waals surface area (Å²) in [6.45, 7) is 0.138. The average Bonchev–Trinajstić information content (AvgIpc) is 2.62. The second-order valence-electron chi connectivity index (χ2n) is 5.28. The van der Waals surface area contributed by atoms with Gasteiger partial charge in [0.15, 0.2) is 0 Å². The van der Waals surface area contributed by atoms with Crippen LogP contribution >= 0.6 is 11.6 Å². The molecule has 25 heavy (non-hydrogen) atoms. The maximum Gasteiger partial charge on any atom is 0.239 e. The molecule has 2 aromatic rings. The molecule has 0 fully saturated rings. The molecule has 132 valence electrons. The van der Waals surface area contributed by atoms with Gasteiger partial charge in [0.25, 0.3) is 0 Å². The van der Waals surface area contributed by atoms with E-state index in [0.717, 1.165) is 11.3 Å². The van der Waals surface area contributed by atoms with Crippen LogP contribution in [0.2, 0.25) is 5.02 Å². The van der Waals surface area contributed by atoms with Crippen molar-refractivity contribution in [3.63, 3.8) is 0 Å². The molecule has 2 N–H and O–H groups in total. The standard InChI is InChI=1S/C18H18ClFN2O3/c1-25-13-7-5-12(6-8-13)10-21-18(24)11-22-17(23)9-14-15(19)3-2-4-16(14)20/h2-8H,9-11H2,1H3,(H,21,24)(H,22,23). The highest BCUT2D eigenvalue weighted by Crippen LogP contribution is 2.19. The minimum absolute atomic E-state index is 0.111. The molecule has 0 unspecified atom stereocenters. The van der Waals surface area contributed by atoms with Gasteiger partial charge in [0.2, 0.25) is 11.8 Å². The van der Waals surface area contributed by atoms with E-state index in [4.69, 9.17) is 16.3 Å².